The lowest BCUT2D eigenvalue weighted by Crippen LogP contribution is -2.35. The Morgan fingerprint density at radius 2 is 1.79 bits per heavy atom. The molecule has 3 heterocycles. The zero-order valence-corrected chi connectivity index (χ0v) is 24.1. The number of halogens is 1. The first-order valence-electron chi connectivity index (χ1n) is 13.3. The van der Waals surface area contributed by atoms with Crippen LogP contribution in [0.2, 0.25) is 5.02 Å². The van der Waals surface area contributed by atoms with Crippen LogP contribution < -0.4 is 4.31 Å². The summed E-state index contributed by atoms with van der Waals surface area (Å²) >= 11 is 6.02. The molecule has 2 aliphatic heterocycles. The second-order valence-corrected chi connectivity index (χ2v) is 12.4. The zero-order valence-electron chi connectivity index (χ0n) is 22.5. The van der Waals surface area contributed by atoms with Gasteiger partial charge in [-0.15, -0.1) is 0 Å². The molecule has 214 valence electrons. The van der Waals surface area contributed by atoms with Crippen LogP contribution in [0.15, 0.2) is 106 Å². The molecule has 2 unspecified atom stereocenters. The Labute approximate surface area is 248 Å². The molecule has 1 amide bonds. The quantitative estimate of drug-likeness (QED) is 0.254. The van der Waals surface area contributed by atoms with Crippen LogP contribution in [0.25, 0.3) is 0 Å². The molecule has 0 N–H and O–H groups in total. The number of hydrogen-bond acceptors (Lipinski definition) is 7. The van der Waals surface area contributed by atoms with Crippen molar-refractivity contribution < 1.29 is 27.2 Å². The van der Waals surface area contributed by atoms with Crippen molar-refractivity contribution in [3.63, 3.8) is 0 Å². The number of nitrogens with zero attached hydrogens (tertiary/aromatic N) is 3. The van der Waals surface area contributed by atoms with Crippen molar-refractivity contribution in [2.75, 3.05) is 10.9 Å². The molecule has 0 spiro atoms. The van der Waals surface area contributed by atoms with Crippen LogP contribution in [0.4, 0.5) is 5.69 Å². The summed E-state index contributed by atoms with van der Waals surface area (Å²) in [6.07, 6.45) is 2.50. The summed E-state index contributed by atoms with van der Waals surface area (Å²) < 4.78 is 39.5. The molecule has 9 nitrogen and oxygen atoms in total. The van der Waals surface area contributed by atoms with Crippen molar-refractivity contribution in [2.45, 2.75) is 36.7 Å². The molecule has 2 aliphatic rings. The molecule has 0 fully saturated rings. The molecule has 1 aromatic heterocycles. The predicted octanol–water partition coefficient (Wildman–Crippen LogP) is 5.61. The Balaban J connectivity index is 1.19. The van der Waals surface area contributed by atoms with Gasteiger partial charge in [-0.2, -0.15) is 5.10 Å². The highest BCUT2D eigenvalue weighted by molar-refractivity contribution is 7.92. The van der Waals surface area contributed by atoms with Gasteiger partial charge in [-0.05, 0) is 73.0 Å². The molecule has 0 bridgehead atoms. The standard InChI is InChI=1S/C31H26ClN3O6S/c1-20-16-22-6-2-3-9-27(22)35(20)42(38,39)25-8-4-7-23(17-25)31(37)41-19-30(36)34-28(29-10-5-15-40-29)18-26(33-34)21-11-13-24(32)14-12-21/h2-15,17,20,28H,16,18-19H2,1H3. The number of carbonyl (C=O) groups is 2. The minimum Gasteiger partial charge on any atom is -0.467 e. The molecule has 2 atom stereocenters. The fraction of sp³-hybridized carbons (Fsp3) is 0.194. The fourth-order valence-corrected chi connectivity index (χ4v) is 7.20. The molecule has 4 aromatic rings. The van der Waals surface area contributed by atoms with Gasteiger partial charge >= 0.3 is 5.97 Å². The van der Waals surface area contributed by atoms with Crippen LogP contribution in [0.1, 0.15) is 46.6 Å². The number of benzene rings is 3. The second kappa shape index (κ2) is 11.1. The summed E-state index contributed by atoms with van der Waals surface area (Å²) in [5.41, 5.74) is 3.04. The van der Waals surface area contributed by atoms with E-state index in [1.165, 1.54) is 39.8 Å². The summed E-state index contributed by atoms with van der Waals surface area (Å²) in [5, 5.41) is 6.35. The lowest BCUT2D eigenvalue weighted by Gasteiger charge is -2.24. The lowest BCUT2D eigenvalue weighted by molar-refractivity contribution is -0.136. The van der Waals surface area contributed by atoms with Crippen LogP contribution >= 0.6 is 11.6 Å². The number of anilines is 1. The topological polar surface area (TPSA) is 109 Å². The largest absolute Gasteiger partial charge is 0.467 e. The van der Waals surface area contributed by atoms with Gasteiger partial charge in [0.1, 0.15) is 11.8 Å². The van der Waals surface area contributed by atoms with E-state index >= 15 is 0 Å². The molecule has 0 radical (unpaired) electrons. The van der Waals surface area contributed by atoms with Gasteiger partial charge in [0.05, 0.1) is 28.1 Å². The van der Waals surface area contributed by atoms with Crippen LogP contribution in [0.5, 0.6) is 0 Å². The average Bonchev–Trinajstić information content (AvgIpc) is 3.74. The summed E-state index contributed by atoms with van der Waals surface area (Å²) in [6, 6.07) is 22.8. The Morgan fingerprint density at radius 3 is 2.55 bits per heavy atom. The van der Waals surface area contributed by atoms with E-state index in [0.717, 1.165) is 11.1 Å². The predicted molar refractivity (Wildman–Crippen MR) is 157 cm³/mol. The maximum atomic E-state index is 13.6. The van der Waals surface area contributed by atoms with Gasteiger partial charge in [0.25, 0.3) is 15.9 Å². The summed E-state index contributed by atoms with van der Waals surface area (Å²) in [7, 11) is -3.96. The van der Waals surface area contributed by atoms with Crippen molar-refractivity contribution in [2.24, 2.45) is 5.10 Å². The first kappa shape index (κ1) is 27.7. The van der Waals surface area contributed by atoms with E-state index in [4.69, 9.17) is 20.8 Å². The molecule has 0 saturated heterocycles. The molecular formula is C31H26ClN3O6S. The van der Waals surface area contributed by atoms with Crippen molar-refractivity contribution in [3.8, 4) is 0 Å². The molecule has 6 rings (SSSR count). The Morgan fingerprint density at radius 1 is 1.00 bits per heavy atom. The van der Waals surface area contributed by atoms with Gasteiger partial charge in [-0.25, -0.2) is 18.2 Å². The number of amides is 1. The third-order valence-electron chi connectivity index (χ3n) is 7.31. The monoisotopic (exact) mass is 603 g/mol. The number of fused-ring (bicyclic) bond motifs is 1. The SMILES string of the molecule is CC1Cc2ccccc2N1S(=O)(=O)c1cccc(C(=O)OCC(=O)N2N=C(c3ccc(Cl)cc3)CC2c2ccco2)c1. The molecule has 0 saturated carbocycles. The third kappa shape index (κ3) is 5.19. The highest BCUT2D eigenvalue weighted by atomic mass is 35.5. The maximum Gasteiger partial charge on any atom is 0.338 e. The van der Waals surface area contributed by atoms with Crippen LogP contribution in [-0.2, 0) is 26.0 Å². The van der Waals surface area contributed by atoms with E-state index in [9.17, 15) is 18.0 Å². The number of ether oxygens (including phenoxy) is 1. The van der Waals surface area contributed by atoms with Gasteiger partial charge in [0.2, 0.25) is 0 Å². The van der Waals surface area contributed by atoms with E-state index in [0.29, 0.717) is 35.0 Å². The molecule has 3 aromatic carbocycles. The van der Waals surface area contributed by atoms with E-state index in [1.807, 2.05) is 31.2 Å². The van der Waals surface area contributed by atoms with Gasteiger partial charge in [-0.1, -0.05) is 48.0 Å². The summed E-state index contributed by atoms with van der Waals surface area (Å²) in [5.74, 6) is -0.844. The normalized spacial score (nSPS) is 18.1. The van der Waals surface area contributed by atoms with Crippen LogP contribution in [-0.4, -0.2) is 43.7 Å². The van der Waals surface area contributed by atoms with Crippen molar-refractivity contribution in [1.29, 1.82) is 0 Å². The maximum absolute atomic E-state index is 13.6. The fourth-order valence-electron chi connectivity index (χ4n) is 5.34. The smallest absolute Gasteiger partial charge is 0.338 e. The number of carbonyl (C=O) groups excluding carboxylic acids is 2. The van der Waals surface area contributed by atoms with Crippen molar-refractivity contribution >= 4 is 44.9 Å². The number of hydrazone groups is 1. The zero-order chi connectivity index (χ0) is 29.4. The van der Waals surface area contributed by atoms with E-state index in [1.54, 1.807) is 36.4 Å². The van der Waals surface area contributed by atoms with E-state index < -0.39 is 34.5 Å². The van der Waals surface area contributed by atoms with Crippen LogP contribution in [0.3, 0.4) is 0 Å². The highest BCUT2D eigenvalue weighted by Gasteiger charge is 2.37. The minimum absolute atomic E-state index is 0.0124. The van der Waals surface area contributed by atoms with Gasteiger partial charge < -0.3 is 9.15 Å². The molecule has 11 heteroatoms. The number of rotatable bonds is 7. The third-order valence-corrected chi connectivity index (χ3v) is 9.49. The Hall–Kier alpha value is -4.41. The number of sulfonamides is 1. The first-order valence-corrected chi connectivity index (χ1v) is 15.1. The number of hydrogen-bond donors (Lipinski definition) is 0. The summed E-state index contributed by atoms with van der Waals surface area (Å²) in [6.45, 7) is 1.25. The Bertz CT molecular complexity index is 1790. The Kier molecular flexibility index (Phi) is 7.34. The van der Waals surface area contributed by atoms with Gasteiger partial charge in [0, 0.05) is 17.5 Å². The second-order valence-electron chi connectivity index (χ2n) is 10.1. The average molecular weight is 604 g/mol. The van der Waals surface area contributed by atoms with Crippen molar-refractivity contribution in [3.05, 3.63) is 119 Å². The number of para-hydroxylation sites is 1. The summed E-state index contributed by atoms with van der Waals surface area (Å²) in [4.78, 5) is 26.2. The van der Waals surface area contributed by atoms with E-state index in [-0.39, 0.29) is 16.5 Å². The molecule has 42 heavy (non-hydrogen) atoms. The van der Waals surface area contributed by atoms with E-state index in [2.05, 4.69) is 5.10 Å². The molecular weight excluding hydrogens is 578 g/mol. The number of esters is 1. The number of furan rings is 1. The van der Waals surface area contributed by atoms with Crippen LogP contribution in [0, 0.1) is 0 Å². The minimum atomic E-state index is -3.96. The van der Waals surface area contributed by atoms with Gasteiger partial charge in [-0.3, -0.25) is 9.10 Å². The lowest BCUT2D eigenvalue weighted by atomic mass is 10.0. The van der Waals surface area contributed by atoms with Crippen molar-refractivity contribution in [1.82, 2.24) is 5.01 Å². The molecule has 0 aliphatic carbocycles. The van der Waals surface area contributed by atoms with Gasteiger partial charge in [0.15, 0.2) is 6.61 Å². The highest BCUT2D eigenvalue weighted by Crippen LogP contribution is 2.37. The first-order chi connectivity index (χ1) is 20.2.